The summed E-state index contributed by atoms with van der Waals surface area (Å²) in [4.78, 5) is 11.7. The summed E-state index contributed by atoms with van der Waals surface area (Å²) in [6, 6.07) is 8.58. The van der Waals surface area contributed by atoms with Crippen LogP contribution in [0.15, 0.2) is 24.3 Å². The lowest BCUT2D eigenvalue weighted by atomic mass is 10.0. The maximum absolute atomic E-state index is 11.7. The number of rotatable bonds is 7. The van der Waals surface area contributed by atoms with E-state index in [4.69, 9.17) is 5.73 Å². The van der Waals surface area contributed by atoms with Gasteiger partial charge in [0.1, 0.15) is 0 Å². The maximum atomic E-state index is 11.7. The summed E-state index contributed by atoms with van der Waals surface area (Å²) >= 11 is 0. The Morgan fingerprint density at radius 1 is 1.20 bits per heavy atom. The molecule has 0 heterocycles. The molecule has 0 aliphatic carbocycles. The Hall–Kier alpha value is -1.06. The zero-order valence-corrected chi connectivity index (χ0v) is 13.6. The minimum atomic E-state index is -0.298. The van der Waals surface area contributed by atoms with Crippen LogP contribution in [-0.2, 0) is 11.2 Å². The lowest BCUT2D eigenvalue weighted by Gasteiger charge is -2.24. The van der Waals surface area contributed by atoms with E-state index >= 15 is 0 Å². The molecular weight excluding hydrogens is 272 g/mol. The highest BCUT2D eigenvalue weighted by Crippen LogP contribution is 2.09. The van der Waals surface area contributed by atoms with Gasteiger partial charge in [-0.05, 0) is 45.6 Å². The van der Waals surface area contributed by atoms with Crippen LogP contribution in [-0.4, -0.2) is 18.0 Å². The number of carbonyl (C=O) groups excluding carboxylic acids is 1. The molecule has 114 valence electrons. The lowest BCUT2D eigenvalue weighted by molar-refractivity contribution is -0.122. The SMILES string of the molecule is Cc1ccc(CCCCC(=O)NC(C)(C)CN)cc1.Cl. The van der Waals surface area contributed by atoms with Crippen molar-refractivity contribution >= 4 is 18.3 Å². The number of hydrogen-bond acceptors (Lipinski definition) is 2. The molecule has 0 saturated carbocycles. The summed E-state index contributed by atoms with van der Waals surface area (Å²) in [6.07, 6.45) is 3.57. The Labute approximate surface area is 128 Å². The van der Waals surface area contributed by atoms with Gasteiger partial charge in [0.2, 0.25) is 5.91 Å². The first-order valence-electron chi connectivity index (χ1n) is 6.99. The smallest absolute Gasteiger partial charge is 0.220 e. The number of amides is 1. The highest BCUT2D eigenvalue weighted by molar-refractivity contribution is 5.85. The van der Waals surface area contributed by atoms with Crippen molar-refractivity contribution in [3.63, 3.8) is 0 Å². The fourth-order valence-corrected chi connectivity index (χ4v) is 1.86. The van der Waals surface area contributed by atoms with Crippen LogP contribution in [0, 0.1) is 6.92 Å². The molecule has 3 nitrogen and oxygen atoms in total. The van der Waals surface area contributed by atoms with E-state index in [1.807, 2.05) is 13.8 Å². The number of carbonyl (C=O) groups is 1. The molecule has 4 heteroatoms. The van der Waals surface area contributed by atoms with Gasteiger partial charge in [-0.15, -0.1) is 12.4 Å². The van der Waals surface area contributed by atoms with Crippen LogP contribution in [0.5, 0.6) is 0 Å². The molecule has 1 rings (SSSR count). The van der Waals surface area contributed by atoms with Crippen molar-refractivity contribution in [2.75, 3.05) is 6.54 Å². The van der Waals surface area contributed by atoms with E-state index in [9.17, 15) is 4.79 Å². The summed E-state index contributed by atoms with van der Waals surface area (Å²) in [5.74, 6) is 0.0966. The second-order valence-corrected chi connectivity index (χ2v) is 5.83. The number of benzene rings is 1. The topological polar surface area (TPSA) is 55.1 Å². The number of hydrogen-bond donors (Lipinski definition) is 2. The van der Waals surface area contributed by atoms with Crippen molar-refractivity contribution in [2.24, 2.45) is 5.73 Å². The molecule has 0 unspecified atom stereocenters. The molecule has 0 fully saturated rings. The van der Waals surface area contributed by atoms with Gasteiger partial charge in [0.25, 0.3) is 0 Å². The Kier molecular flexibility index (Phi) is 8.51. The van der Waals surface area contributed by atoms with Crippen molar-refractivity contribution in [2.45, 2.75) is 52.0 Å². The predicted molar refractivity (Wildman–Crippen MR) is 87.3 cm³/mol. The average molecular weight is 299 g/mol. The minimum absolute atomic E-state index is 0. The van der Waals surface area contributed by atoms with Crippen LogP contribution in [0.4, 0.5) is 0 Å². The molecule has 1 aromatic carbocycles. The van der Waals surface area contributed by atoms with E-state index in [0.29, 0.717) is 13.0 Å². The van der Waals surface area contributed by atoms with Crippen LogP contribution in [0.3, 0.4) is 0 Å². The van der Waals surface area contributed by atoms with Gasteiger partial charge in [0, 0.05) is 18.5 Å². The van der Waals surface area contributed by atoms with Crippen LogP contribution in [0.2, 0.25) is 0 Å². The number of halogens is 1. The van der Waals surface area contributed by atoms with E-state index in [0.717, 1.165) is 19.3 Å². The van der Waals surface area contributed by atoms with Crippen molar-refractivity contribution in [3.8, 4) is 0 Å². The van der Waals surface area contributed by atoms with Gasteiger partial charge in [-0.3, -0.25) is 4.79 Å². The highest BCUT2D eigenvalue weighted by atomic mass is 35.5. The zero-order valence-electron chi connectivity index (χ0n) is 12.7. The number of unbranched alkanes of at least 4 members (excludes halogenated alkanes) is 1. The van der Waals surface area contributed by atoms with Crippen molar-refractivity contribution in [3.05, 3.63) is 35.4 Å². The Bertz CT molecular complexity index is 401. The summed E-state index contributed by atoms with van der Waals surface area (Å²) in [5, 5.41) is 2.95. The third-order valence-electron chi connectivity index (χ3n) is 3.23. The third kappa shape index (κ3) is 7.51. The molecule has 3 N–H and O–H groups in total. The van der Waals surface area contributed by atoms with E-state index in [2.05, 4.69) is 36.5 Å². The van der Waals surface area contributed by atoms with Gasteiger partial charge in [0.05, 0.1) is 0 Å². The molecular formula is C16H27ClN2O. The number of nitrogens with two attached hydrogens (primary N) is 1. The molecule has 0 bridgehead atoms. The Morgan fingerprint density at radius 2 is 1.80 bits per heavy atom. The maximum Gasteiger partial charge on any atom is 0.220 e. The Morgan fingerprint density at radius 3 is 2.35 bits per heavy atom. The molecule has 0 aliphatic rings. The molecule has 1 amide bonds. The summed E-state index contributed by atoms with van der Waals surface area (Å²) in [6.45, 7) is 6.43. The second-order valence-electron chi connectivity index (χ2n) is 5.83. The minimum Gasteiger partial charge on any atom is -0.350 e. The van der Waals surface area contributed by atoms with Crippen molar-refractivity contribution in [1.82, 2.24) is 5.32 Å². The first-order chi connectivity index (χ1) is 8.93. The monoisotopic (exact) mass is 298 g/mol. The van der Waals surface area contributed by atoms with Gasteiger partial charge >= 0.3 is 0 Å². The lowest BCUT2D eigenvalue weighted by Crippen LogP contribution is -2.48. The van der Waals surface area contributed by atoms with Gasteiger partial charge in [0.15, 0.2) is 0 Å². The van der Waals surface area contributed by atoms with E-state index in [1.54, 1.807) is 0 Å². The normalized spacial score (nSPS) is 10.8. The quantitative estimate of drug-likeness (QED) is 0.760. The molecule has 1 aromatic rings. The van der Waals surface area contributed by atoms with Crippen LogP contribution in [0.25, 0.3) is 0 Å². The Balaban J connectivity index is 0.00000361. The summed E-state index contributed by atoms with van der Waals surface area (Å²) in [7, 11) is 0. The molecule has 0 aliphatic heterocycles. The van der Waals surface area contributed by atoms with E-state index < -0.39 is 0 Å². The zero-order chi connectivity index (χ0) is 14.3. The van der Waals surface area contributed by atoms with Crippen molar-refractivity contribution in [1.29, 1.82) is 0 Å². The van der Waals surface area contributed by atoms with E-state index in [-0.39, 0.29) is 23.9 Å². The average Bonchev–Trinajstić information content (AvgIpc) is 2.36. The highest BCUT2D eigenvalue weighted by Gasteiger charge is 2.17. The predicted octanol–water partition coefficient (Wildman–Crippen LogP) is 2.98. The first kappa shape index (κ1) is 18.9. The van der Waals surface area contributed by atoms with Gasteiger partial charge in [-0.25, -0.2) is 0 Å². The summed E-state index contributed by atoms with van der Waals surface area (Å²) < 4.78 is 0. The molecule has 0 aromatic heterocycles. The van der Waals surface area contributed by atoms with Gasteiger partial charge in [-0.2, -0.15) is 0 Å². The third-order valence-corrected chi connectivity index (χ3v) is 3.23. The second kappa shape index (κ2) is 8.98. The fraction of sp³-hybridized carbons (Fsp3) is 0.562. The molecule has 0 radical (unpaired) electrons. The van der Waals surface area contributed by atoms with Crippen LogP contribution < -0.4 is 11.1 Å². The van der Waals surface area contributed by atoms with Gasteiger partial charge < -0.3 is 11.1 Å². The van der Waals surface area contributed by atoms with E-state index in [1.165, 1.54) is 11.1 Å². The molecule has 0 atom stereocenters. The molecule has 0 saturated heterocycles. The number of aryl methyl sites for hydroxylation is 2. The fourth-order valence-electron chi connectivity index (χ4n) is 1.86. The van der Waals surface area contributed by atoms with Crippen LogP contribution in [0.1, 0.15) is 44.2 Å². The first-order valence-corrected chi connectivity index (χ1v) is 6.99. The number of nitrogens with one attached hydrogen (secondary N) is 1. The van der Waals surface area contributed by atoms with Gasteiger partial charge in [-0.1, -0.05) is 29.8 Å². The summed E-state index contributed by atoms with van der Waals surface area (Å²) in [5.41, 5.74) is 7.91. The molecule has 0 spiro atoms. The standard InChI is InChI=1S/C16H26N2O.ClH/c1-13-8-10-14(11-9-13)6-4-5-7-15(19)18-16(2,3)12-17;/h8-11H,4-7,12,17H2,1-3H3,(H,18,19);1H. The van der Waals surface area contributed by atoms with Crippen molar-refractivity contribution < 1.29 is 4.79 Å². The van der Waals surface area contributed by atoms with Crippen LogP contribution >= 0.6 is 12.4 Å². The molecule has 20 heavy (non-hydrogen) atoms. The largest absolute Gasteiger partial charge is 0.350 e.